The molecule has 112 valence electrons. The minimum Gasteiger partial charge on any atom is -0.489 e. The van der Waals surface area contributed by atoms with Gasteiger partial charge in [0.05, 0.1) is 0 Å². The summed E-state index contributed by atoms with van der Waals surface area (Å²) >= 11 is 0. The van der Waals surface area contributed by atoms with Crippen molar-refractivity contribution in [1.29, 1.82) is 0 Å². The molecular formula is C20H21NO. The number of hydrogen-bond acceptors (Lipinski definition) is 2. The van der Waals surface area contributed by atoms with Crippen LogP contribution in [-0.2, 0) is 6.42 Å². The van der Waals surface area contributed by atoms with Crippen molar-refractivity contribution in [2.24, 2.45) is 5.92 Å². The third-order valence-corrected chi connectivity index (χ3v) is 5.65. The summed E-state index contributed by atoms with van der Waals surface area (Å²) in [4.78, 5) is 2.55. The van der Waals surface area contributed by atoms with Gasteiger partial charge in [-0.25, -0.2) is 0 Å². The van der Waals surface area contributed by atoms with Gasteiger partial charge < -0.3 is 4.74 Å². The molecule has 3 fully saturated rings. The number of piperidine rings is 3. The molecule has 4 aliphatic rings. The van der Waals surface area contributed by atoms with Crippen molar-refractivity contribution in [3.63, 3.8) is 0 Å². The second-order valence-corrected chi connectivity index (χ2v) is 6.95. The standard InChI is InChI=1S/C20H21NO/c1-2-4-18-15(3-1)11-16-12-17(5-6-19(16)18)22-20-13-21-9-7-14(20)8-10-21/h1-6,12,14,20H,7-11,13H2/t20-/m1/s1. The quantitative estimate of drug-likeness (QED) is 0.713. The second kappa shape index (κ2) is 4.85. The molecule has 1 aliphatic carbocycles. The van der Waals surface area contributed by atoms with Crippen LogP contribution >= 0.6 is 0 Å². The summed E-state index contributed by atoms with van der Waals surface area (Å²) in [5, 5.41) is 0. The van der Waals surface area contributed by atoms with E-state index in [-0.39, 0.29) is 0 Å². The van der Waals surface area contributed by atoms with E-state index in [0.717, 1.165) is 24.6 Å². The van der Waals surface area contributed by atoms with E-state index in [1.807, 2.05) is 0 Å². The van der Waals surface area contributed by atoms with Gasteiger partial charge in [-0.3, -0.25) is 4.90 Å². The van der Waals surface area contributed by atoms with Gasteiger partial charge in [0.1, 0.15) is 11.9 Å². The van der Waals surface area contributed by atoms with Crippen molar-refractivity contribution in [2.45, 2.75) is 25.4 Å². The number of fused-ring (bicyclic) bond motifs is 6. The van der Waals surface area contributed by atoms with E-state index >= 15 is 0 Å². The van der Waals surface area contributed by atoms with Gasteiger partial charge in [0, 0.05) is 6.54 Å². The van der Waals surface area contributed by atoms with E-state index in [9.17, 15) is 0 Å². The van der Waals surface area contributed by atoms with Gasteiger partial charge in [-0.05, 0) is 72.7 Å². The first kappa shape index (κ1) is 12.7. The van der Waals surface area contributed by atoms with E-state index in [1.54, 1.807) is 0 Å². The van der Waals surface area contributed by atoms with Crippen LogP contribution in [-0.4, -0.2) is 30.6 Å². The molecule has 2 bridgehead atoms. The average Bonchev–Trinajstić information content (AvgIpc) is 2.93. The maximum Gasteiger partial charge on any atom is 0.120 e. The summed E-state index contributed by atoms with van der Waals surface area (Å²) in [6, 6.07) is 15.4. The fraction of sp³-hybridized carbons (Fsp3) is 0.400. The lowest BCUT2D eigenvalue weighted by atomic mass is 9.86. The zero-order valence-electron chi connectivity index (χ0n) is 12.8. The van der Waals surface area contributed by atoms with E-state index in [0.29, 0.717) is 6.10 Å². The largest absolute Gasteiger partial charge is 0.489 e. The zero-order valence-corrected chi connectivity index (χ0v) is 12.8. The van der Waals surface area contributed by atoms with E-state index in [1.165, 1.54) is 48.2 Å². The Labute approximate surface area is 131 Å². The van der Waals surface area contributed by atoms with Crippen LogP contribution in [0.15, 0.2) is 42.5 Å². The molecule has 0 N–H and O–H groups in total. The molecule has 0 spiro atoms. The molecule has 22 heavy (non-hydrogen) atoms. The lowest BCUT2D eigenvalue weighted by Crippen LogP contribution is -2.52. The van der Waals surface area contributed by atoms with Crippen LogP contribution in [0.5, 0.6) is 5.75 Å². The van der Waals surface area contributed by atoms with Crippen molar-refractivity contribution < 1.29 is 4.74 Å². The minimum atomic E-state index is 0.393. The van der Waals surface area contributed by atoms with Crippen LogP contribution in [0.1, 0.15) is 24.0 Å². The number of ether oxygens (including phenoxy) is 1. The van der Waals surface area contributed by atoms with Crippen LogP contribution in [0.4, 0.5) is 0 Å². The highest BCUT2D eigenvalue weighted by atomic mass is 16.5. The first-order valence-corrected chi connectivity index (χ1v) is 8.47. The molecule has 2 aromatic carbocycles. The van der Waals surface area contributed by atoms with Crippen LogP contribution in [0.3, 0.4) is 0 Å². The lowest BCUT2D eigenvalue weighted by molar-refractivity contribution is -0.00777. The summed E-state index contributed by atoms with van der Waals surface area (Å²) in [6.45, 7) is 3.65. The minimum absolute atomic E-state index is 0.393. The number of rotatable bonds is 2. The van der Waals surface area contributed by atoms with Crippen molar-refractivity contribution in [1.82, 2.24) is 4.90 Å². The Kier molecular flexibility index (Phi) is 2.80. The first-order chi connectivity index (χ1) is 10.9. The van der Waals surface area contributed by atoms with Crippen molar-refractivity contribution in [3.8, 4) is 16.9 Å². The molecule has 6 rings (SSSR count). The van der Waals surface area contributed by atoms with Gasteiger partial charge in [-0.1, -0.05) is 30.3 Å². The summed E-state index contributed by atoms with van der Waals surface area (Å²) in [5.74, 6) is 1.82. The van der Waals surface area contributed by atoms with Crippen LogP contribution in [0, 0.1) is 5.92 Å². The molecule has 0 amide bonds. The maximum absolute atomic E-state index is 6.37. The molecule has 3 saturated heterocycles. The molecule has 0 radical (unpaired) electrons. The van der Waals surface area contributed by atoms with Crippen LogP contribution < -0.4 is 4.74 Å². The highest BCUT2D eigenvalue weighted by molar-refractivity contribution is 5.77. The molecule has 3 heterocycles. The molecular weight excluding hydrogens is 270 g/mol. The fourth-order valence-electron chi connectivity index (χ4n) is 4.41. The summed E-state index contributed by atoms with van der Waals surface area (Å²) in [5.41, 5.74) is 5.64. The second-order valence-electron chi connectivity index (χ2n) is 6.95. The van der Waals surface area contributed by atoms with Gasteiger partial charge in [0.2, 0.25) is 0 Å². The Hall–Kier alpha value is -1.80. The first-order valence-electron chi connectivity index (χ1n) is 8.47. The van der Waals surface area contributed by atoms with Crippen LogP contribution in [0.2, 0.25) is 0 Å². The van der Waals surface area contributed by atoms with Gasteiger partial charge in [-0.2, -0.15) is 0 Å². The van der Waals surface area contributed by atoms with Crippen molar-refractivity contribution in [3.05, 3.63) is 53.6 Å². The third-order valence-electron chi connectivity index (χ3n) is 5.65. The van der Waals surface area contributed by atoms with Crippen molar-refractivity contribution in [2.75, 3.05) is 19.6 Å². The lowest BCUT2D eigenvalue weighted by Gasteiger charge is -2.44. The molecule has 2 nitrogen and oxygen atoms in total. The SMILES string of the molecule is c1ccc2c(c1)Cc1cc(O[C@@H]3CN4CCC3CC4)ccc1-2. The number of hydrogen-bond donors (Lipinski definition) is 0. The molecule has 2 heteroatoms. The van der Waals surface area contributed by atoms with Crippen LogP contribution in [0.25, 0.3) is 11.1 Å². The van der Waals surface area contributed by atoms with Gasteiger partial charge >= 0.3 is 0 Å². The monoisotopic (exact) mass is 291 g/mol. The Balaban J connectivity index is 1.41. The predicted molar refractivity (Wildman–Crippen MR) is 88.3 cm³/mol. The van der Waals surface area contributed by atoms with Gasteiger partial charge in [0.25, 0.3) is 0 Å². The highest BCUT2D eigenvalue weighted by Gasteiger charge is 2.35. The third kappa shape index (κ3) is 1.98. The van der Waals surface area contributed by atoms with E-state index in [2.05, 4.69) is 47.4 Å². The van der Waals surface area contributed by atoms with Gasteiger partial charge in [0.15, 0.2) is 0 Å². The topological polar surface area (TPSA) is 12.5 Å². The normalized spacial score (nSPS) is 28.3. The Bertz CT molecular complexity index is 715. The molecule has 0 saturated carbocycles. The molecule has 3 aliphatic heterocycles. The van der Waals surface area contributed by atoms with E-state index < -0.39 is 0 Å². The van der Waals surface area contributed by atoms with Crippen molar-refractivity contribution >= 4 is 0 Å². The molecule has 0 unspecified atom stereocenters. The summed E-state index contributed by atoms with van der Waals surface area (Å²) in [7, 11) is 0. The van der Waals surface area contributed by atoms with E-state index in [4.69, 9.17) is 4.74 Å². The average molecular weight is 291 g/mol. The fourth-order valence-corrected chi connectivity index (χ4v) is 4.41. The summed E-state index contributed by atoms with van der Waals surface area (Å²) < 4.78 is 6.37. The Morgan fingerprint density at radius 2 is 1.73 bits per heavy atom. The summed E-state index contributed by atoms with van der Waals surface area (Å²) in [6.07, 6.45) is 4.05. The maximum atomic E-state index is 6.37. The Morgan fingerprint density at radius 1 is 0.909 bits per heavy atom. The number of nitrogens with zero attached hydrogens (tertiary/aromatic N) is 1. The molecule has 1 atom stereocenters. The number of benzene rings is 2. The Morgan fingerprint density at radius 3 is 2.55 bits per heavy atom. The highest BCUT2D eigenvalue weighted by Crippen LogP contribution is 2.39. The molecule has 0 aromatic heterocycles. The van der Waals surface area contributed by atoms with Gasteiger partial charge in [-0.15, -0.1) is 0 Å². The molecule has 2 aromatic rings. The predicted octanol–water partition coefficient (Wildman–Crippen LogP) is 3.73. The smallest absolute Gasteiger partial charge is 0.120 e. The zero-order chi connectivity index (χ0) is 14.5.